The number of fused-ring (bicyclic) bond motifs is 1. The smallest absolute Gasteiger partial charge is 0.0403 e. The molecule has 21 heavy (non-hydrogen) atoms. The number of nitrogens with one attached hydrogen (secondary N) is 3. The second-order valence-corrected chi connectivity index (χ2v) is 6.14. The van der Waals surface area contributed by atoms with Crippen molar-refractivity contribution < 1.29 is 0 Å². The van der Waals surface area contributed by atoms with E-state index in [1.807, 2.05) is 0 Å². The molecule has 2 aliphatic rings. The summed E-state index contributed by atoms with van der Waals surface area (Å²) in [7, 11) is 0. The zero-order valence-corrected chi connectivity index (χ0v) is 13.1. The van der Waals surface area contributed by atoms with Crippen LogP contribution in [0.5, 0.6) is 0 Å². The minimum absolute atomic E-state index is 0.563. The molecule has 1 fully saturated rings. The minimum Gasteiger partial charge on any atom is -0.369 e. The van der Waals surface area contributed by atoms with E-state index in [9.17, 15) is 0 Å². The van der Waals surface area contributed by atoms with E-state index in [1.165, 1.54) is 17.7 Å². The SMILES string of the molecule is CCCNCC1Cc2c(cccc2N2CCNCC2)CN1. The van der Waals surface area contributed by atoms with Gasteiger partial charge in [0.1, 0.15) is 0 Å². The first-order chi connectivity index (χ1) is 10.4. The van der Waals surface area contributed by atoms with Gasteiger partial charge in [-0.05, 0) is 36.6 Å². The molecule has 1 saturated heterocycles. The maximum Gasteiger partial charge on any atom is 0.0403 e. The van der Waals surface area contributed by atoms with Gasteiger partial charge < -0.3 is 20.9 Å². The lowest BCUT2D eigenvalue weighted by atomic mass is 9.93. The van der Waals surface area contributed by atoms with Gasteiger partial charge in [-0.25, -0.2) is 0 Å². The molecule has 0 amide bonds. The fourth-order valence-corrected chi connectivity index (χ4v) is 3.39. The average molecular weight is 288 g/mol. The molecule has 4 heteroatoms. The first-order valence-electron chi connectivity index (χ1n) is 8.39. The van der Waals surface area contributed by atoms with Crippen molar-refractivity contribution in [3.8, 4) is 0 Å². The highest BCUT2D eigenvalue weighted by Gasteiger charge is 2.22. The third-order valence-electron chi connectivity index (χ3n) is 4.56. The number of hydrogen-bond acceptors (Lipinski definition) is 4. The van der Waals surface area contributed by atoms with Crippen LogP contribution in [0.1, 0.15) is 24.5 Å². The van der Waals surface area contributed by atoms with Crippen LogP contribution in [-0.2, 0) is 13.0 Å². The molecular weight excluding hydrogens is 260 g/mol. The van der Waals surface area contributed by atoms with Crippen molar-refractivity contribution in [1.29, 1.82) is 0 Å². The van der Waals surface area contributed by atoms with Crippen LogP contribution in [0, 0.1) is 0 Å². The standard InChI is InChI=1S/C17H28N4/c1-2-6-19-13-15-11-16-14(12-20-15)4-3-5-17(16)21-9-7-18-8-10-21/h3-5,15,18-20H,2,6-13H2,1H3. The molecule has 116 valence electrons. The molecule has 1 unspecified atom stereocenters. The molecule has 4 nitrogen and oxygen atoms in total. The van der Waals surface area contributed by atoms with E-state index >= 15 is 0 Å². The minimum atomic E-state index is 0.563. The summed E-state index contributed by atoms with van der Waals surface area (Å²) in [5, 5.41) is 10.7. The number of rotatable bonds is 5. The van der Waals surface area contributed by atoms with Crippen LogP contribution >= 0.6 is 0 Å². The van der Waals surface area contributed by atoms with Crippen molar-refractivity contribution in [3.63, 3.8) is 0 Å². The van der Waals surface area contributed by atoms with E-state index < -0.39 is 0 Å². The predicted octanol–water partition coefficient (Wildman–Crippen LogP) is 1.11. The average Bonchev–Trinajstić information content (AvgIpc) is 2.55. The number of benzene rings is 1. The highest BCUT2D eigenvalue weighted by Crippen LogP contribution is 2.28. The first-order valence-corrected chi connectivity index (χ1v) is 8.39. The van der Waals surface area contributed by atoms with Gasteiger partial charge in [0, 0.05) is 51.0 Å². The summed E-state index contributed by atoms with van der Waals surface area (Å²) < 4.78 is 0. The molecule has 1 atom stereocenters. The second kappa shape index (κ2) is 7.25. The fourth-order valence-electron chi connectivity index (χ4n) is 3.39. The van der Waals surface area contributed by atoms with Crippen molar-refractivity contribution in [3.05, 3.63) is 29.3 Å². The molecule has 1 aromatic carbocycles. The highest BCUT2D eigenvalue weighted by atomic mass is 15.2. The molecule has 3 rings (SSSR count). The third-order valence-corrected chi connectivity index (χ3v) is 4.56. The molecule has 0 spiro atoms. The third kappa shape index (κ3) is 3.57. The van der Waals surface area contributed by atoms with Crippen LogP contribution in [0.25, 0.3) is 0 Å². The van der Waals surface area contributed by atoms with Crippen LogP contribution in [0.4, 0.5) is 5.69 Å². The van der Waals surface area contributed by atoms with Crippen molar-refractivity contribution in [2.75, 3.05) is 44.2 Å². The summed E-state index contributed by atoms with van der Waals surface area (Å²) >= 11 is 0. The van der Waals surface area contributed by atoms with Gasteiger partial charge in [0.05, 0.1) is 0 Å². The van der Waals surface area contributed by atoms with Gasteiger partial charge in [0.2, 0.25) is 0 Å². The lowest BCUT2D eigenvalue weighted by Gasteiger charge is -2.35. The Bertz CT molecular complexity index is 454. The molecule has 1 aromatic rings. The van der Waals surface area contributed by atoms with Crippen molar-refractivity contribution >= 4 is 5.69 Å². The van der Waals surface area contributed by atoms with Crippen molar-refractivity contribution in [1.82, 2.24) is 16.0 Å². The normalized spacial score (nSPS) is 22.1. The van der Waals surface area contributed by atoms with Crippen molar-refractivity contribution in [2.45, 2.75) is 32.4 Å². The Morgan fingerprint density at radius 1 is 1.29 bits per heavy atom. The molecule has 2 aliphatic heterocycles. The zero-order chi connectivity index (χ0) is 14.5. The number of piperazine rings is 1. The Labute approximate surface area is 128 Å². The van der Waals surface area contributed by atoms with Crippen LogP contribution in [-0.4, -0.2) is 45.3 Å². The summed E-state index contributed by atoms with van der Waals surface area (Å²) in [6.07, 6.45) is 2.35. The summed E-state index contributed by atoms with van der Waals surface area (Å²) in [4.78, 5) is 2.55. The summed E-state index contributed by atoms with van der Waals surface area (Å²) in [5.74, 6) is 0. The highest BCUT2D eigenvalue weighted by molar-refractivity contribution is 5.58. The lowest BCUT2D eigenvalue weighted by Crippen LogP contribution is -2.46. The van der Waals surface area contributed by atoms with Gasteiger partial charge in [-0.1, -0.05) is 19.1 Å². The van der Waals surface area contributed by atoms with Gasteiger partial charge in [-0.2, -0.15) is 0 Å². The fraction of sp³-hybridized carbons (Fsp3) is 0.647. The molecule has 0 bridgehead atoms. The Balaban J connectivity index is 1.72. The summed E-state index contributed by atoms with van der Waals surface area (Å²) in [6.45, 7) is 9.87. The van der Waals surface area contributed by atoms with Gasteiger partial charge >= 0.3 is 0 Å². The van der Waals surface area contributed by atoms with Gasteiger partial charge in [-0.15, -0.1) is 0 Å². The molecular formula is C17H28N4. The van der Waals surface area contributed by atoms with E-state index in [-0.39, 0.29) is 0 Å². The van der Waals surface area contributed by atoms with Gasteiger partial charge in [0.25, 0.3) is 0 Å². The Morgan fingerprint density at radius 2 is 2.14 bits per heavy atom. The Hall–Kier alpha value is -1.10. The molecule has 0 aliphatic carbocycles. The van der Waals surface area contributed by atoms with Crippen LogP contribution < -0.4 is 20.9 Å². The second-order valence-electron chi connectivity index (χ2n) is 6.14. The van der Waals surface area contributed by atoms with E-state index in [0.29, 0.717) is 6.04 Å². The predicted molar refractivity (Wildman–Crippen MR) is 89.0 cm³/mol. The molecule has 3 N–H and O–H groups in total. The van der Waals surface area contributed by atoms with Crippen LogP contribution in [0.3, 0.4) is 0 Å². The van der Waals surface area contributed by atoms with E-state index in [4.69, 9.17) is 0 Å². The first kappa shape index (κ1) is 14.8. The van der Waals surface area contributed by atoms with E-state index in [1.54, 1.807) is 5.56 Å². The largest absolute Gasteiger partial charge is 0.369 e. The van der Waals surface area contributed by atoms with Crippen LogP contribution in [0.15, 0.2) is 18.2 Å². The van der Waals surface area contributed by atoms with Gasteiger partial charge in [0.15, 0.2) is 0 Å². The van der Waals surface area contributed by atoms with E-state index in [2.05, 4.69) is 46.0 Å². The summed E-state index contributed by atoms with van der Waals surface area (Å²) in [5.41, 5.74) is 4.52. The summed E-state index contributed by atoms with van der Waals surface area (Å²) in [6, 6.07) is 7.37. The number of nitrogens with zero attached hydrogens (tertiary/aromatic N) is 1. The topological polar surface area (TPSA) is 39.3 Å². The maximum absolute atomic E-state index is 3.67. The lowest BCUT2D eigenvalue weighted by molar-refractivity contribution is 0.447. The Morgan fingerprint density at radius 3 is 2.95 bits per heavy atom. The van der Waals surface area contributed by atoms with Crippen LogP contribution in [0.2, 0.25) is 0 Å². The van der Waals surface area contributed by atoms with Gasteiger partial charge in [-0.3, -0.25) is 0 Å². The number of hydrogen-bond donors (Lipinski definition) is 3. The Kier molecular flexibility index (Phi) is 5.12. The maximum atomic E-state index is 3.67. The zero-order valence-electron chi connectivity index (χ0n) is 13.1. The van der Waals surface area contributed by atoms with E-state index in [0.717, 1.165) is 52.2 Å². The molecule has 0 radical (unpaired) electrons. The number of anilines is 1. The molecule has 0 aromatic heterocycles. The quantitative estimate of drug-likeness (QED) is 0.710. The molecule has 0 saturated carbocycles. The van der Waals surface area contributed by atoms with Crippen molar-refractivity contribution in [2.24, 2.45) is 0 Å². The monoisotopic (exact) mass is 288 g/mol. The molecule has 2 heterocycles.